The van der Waals surface area contributed by atoms with Crippen LogP contribution in [0.25, 0.3) is 0 Å². The van der Waals surface area contributed by atoms with E-state index < -0.39 is 36.3 Å². The molecule has 0 saturated heterocycles. The summed E-state index contributed by atoms with van der Waals surface area (Å²) in [6.07, 6.45) is -13.4. The lowest BCUT2D eigenvalue weighted by molar-refractivity contribution is -0.382. The van der Waals surface area contributed by atoms with Gasteiger partial charge in [0.2, 0.25) is 0 Å². The first-order chi connectivity index (χ1) is 7.39. The molecule has 0 aromatic rings. The molecular formula is C8H10F6O3. The molecule has 9 heteroatoms. The second-order valence-electron chi connectivity index (χ2n) is 3.44. The van der Waals surface area contributed by atoms with Crippen molar-refractivity contribution >= 4 is 5.97 Å². The minimum Gasteiger partial charge on any atom is -0.481 e. The van der Waals surface area contributed by atoms with Crippen molar-refractivity contribution in [2.75, 3.05) is 0 Å². The average Bonchev–Trinajstić information content (AvgIpc) is 2.08. The van der Waals surface area contributed by atoms with Crippen LogP contribution in [0.1, 0.15) is 19.8 Å². The monoisotopic (exact) mass is 268 g/mol. The van der Waals surface area contributed by atoms with Crippen molar-refractivity contribution in [3.05, 3.63) is 0 Å². The van der Waals surface area contributed by atoms with Crippen LogP contribution in [0.2, 0.25) is 0 Å². The number of hydrogen-bond donors (Lipinski definition) is 2. The number of carbonyl (C=O) groups is 1. The third-order valence-electron chi connectivity index (χ3n) is 2.24. The Hall–Kier alpha value is -0.990. The fourth-order valence-corrected chi connectivity index (χ4v) is 1.36. The highest BCUT2D eigenvalue weighted by Gasteiger charge is 2.75. The van der Waals surface area contributed by atoms with Gasteiger partial charge in [0.15, 0.2) is 0 Å². The maximum Gasteiger partial charge on any atom is 0.427 e. The molecule has 102 valence electrons. The number of carboxylic acids is 1. The summed E-state index contributed by atoms with van der Waals surface area (Å²) < 4.78 is 73.8. The molecule has 0 bridgehead atoms. The van der Waals surface area contributed by atoms with Crippen LogP contribution >= 0.6 is 0 Å². The lowest BCUT2D eigenvalue weighted by Gasteiger charge is -2.36. The van der Waals surface area contributed by atoms with Gasteiger partial charge in [-0.1, -0.05) is 13.3 Å². The lowest BCUT2D eigenvalue weighted by Crippen LogP contribution is -2.63. The van der Waals surface area contributed by atoms with Gasteiger partial charge in [0.1, 0.15) is 5.92 Å². The minimum absolute atomic E-state index is 0.245. The Labute approximate surface area is 92.0 Å². The Bertz CT molecular complexity index is 268. The zero-order valence-electron chi connectivity index (χ0n) is 8.56. The third-order valence-corrected chi connectivity index (χ3v) is 2.24. The molecule has 3 nitrogen and oxygen atoms in total. The van der Waals surface area contributed by atoms with E-state index in [2.05, 4.69) is 0 Å². The summed E-state index contributed by atoms with van der Waals surface area (Å²) in [7, 11) is 0. The summed E-state index contributed by atoms with van der Waals surface area (Å²) in [6.45, 7) is 1.21. The van der Waals surface area contributed by atoms with Crippen LogP contribution in [-0.4, -0.2) is 34.1 Å². The molecule has 1 unspecified atom stereocenters. The van der Waals surface area contributed by atoms with E-state index in [1.54, 1.807) is 0 Å². The van der Waals surface area contributed by atoms with Crippen LogP contribution in [0.5, 0.6) is 0 Å². The SMILES string of the molecule is CCCC(C(=O)O)C(O)(C(F)(F)F)C(F)(F)F. The molecule has 0 radical (unpaired) electrons. The number of alkyl halides is 6. The van der Waals surface area contributed by atoms with Crippen LogP contribution < -0.4 is 0 Å². The number of aliphatic carboxylic acids is 1. The Morgan fingerprint density at radius 1 is 1.12 bits per heavy atom. The van der Waals surface area contributed by atoms with Crippen molar-refractivity contribution in [1.29, 1.82) is 0 Å². The Morgan fingerprint density at radius 2 is 1.47 bits per heavy atom. The van der Waals surface area contributed by atoms with Gasteiger partial charge in [0.25, 0.3) is 5.60 Å². The maximum absolute atomic E-state index is 12.3. The highest BCUT2D eigenvalue weighted by molar-refractivity contribution is 5.72. The quantitative estimate of drug-likeness (QED) is 0.769. The first-order valence-electron chi connectivity index (χ1n) is 4.48. The van der Waals surface area contributed by atoms with Crippen LogP contribution in [0, 0.1) is 5.92 Å². The van der Waals surface area contributed by atoms with Gasteiger partial charge < -0.3 is 10.2 Å². The first kappa shape index (κ1) is 16.0. The number of rotatable bonds is 4. The molecule has 0 aromatic heterocycles. The van der Waals surface area contributed by atoms with E-state index in [0.29, 0.717) is 0 Å². The lowest BCUT2D eigenvalue weighted by atomic mass is 9.82. The minimum atomic E-state index is -6.11. The van der Waals surface area contributed by atoms with Crippen LogP contribution in [0.3, 0.4) is 0 Å². The zero-order chi connectivity index (χ0) is 14.1. The maximum atomic E-state index is 12.3. The summed E-state index contributed by atoms with van der Waals surface area (Å²) >= 11 is 0. The number of carboxylic acid groups (broad SMARTS) is 1. The highest BCUT2D eigenvalue weighted by atomic mass is 19.4. The van der Waals surface area contributed by atoms with Crippen molar-refractivity contribution < 1.29 is 41.4 Å². The largest absolute Gasteiger partial charge is 0.481 e. The number of aliphatic hydroxyl groups is 1. The molecule has 17 heavy (non-hydrogen) atoms. The Kier molecular flexibility index (Phi) is 4.44. The molecule has 0 fully saturated rings. The summed E-state index contributed by atoms with van der Waals surface area (Å²) in [5.74, 6) is -5.32. The molecule has 2 N–H and O–H groups in total. The molecule has 0 aromatic carbocycles. The van der Waals surface area contributed by atoms with E-state index in [9.17, 15) is 31.1 Å². The van der Waals surface area contributed by atoms with Gasteiger partial charge in [-0.05, 0) is 6.42 Å². The van der Waals surface area contributed by atoms with Crippen LogP contribution in [-0.2, 0) is 4.79 Å². The molecule has 0 aliphatic carbocycles. The van der Waals surface area contributed by atoms with E-state index in [1.165, 1.54) is 6.92 Å². The molecule has 0 rings (SSSR count). The smallest absolute Gasteiger partial charge is 0.427 e. The Morgan fingerprint density at radius 3 is 1.65 bits per heavy atom. The second-order valence-corrected chi connectivity index (χ2v) is 3.44. The predicted molar refractivity (Wildman–Crippen MR) is 43.1 cm³/mol. The van der Waals surface area contributed by atoms with E-state index in [-0.39, 0.29) is 6.42 Å². The summed E-state index contributed by atoms with van der Waals surface area (Å²) in [5, 5.41) is 17.2. The summed E-state index contributed by atoms with van der Waals surface area (Å²) in [6, 6.07) is 0. The fourth-order valence-electron chi connectivity index (χ4n) is 1.36. The van der Waals surface area contributed by atoms with Gasteiger partial charge in [-0.15, -0.1) is 0 Å². The van der Waals surface area contributed by atoms with Gasteiger partial charge in [0.05, 0.1) is 0 Å². The van der Waals surface area contributed by atoms with E-state index in [4.69, 9.17) is 10.2 Å². The van der Waals surface area contributed by atoms with Gasteiger partial charge in [-0.25, -0.2) is 0 Å². The van der Waals surface area contributed by atoms with E-state index in [1.807, 2.05) is 0 Å². The van der Waals surface area contributed by atoms with Crippen molar-refractivity contribution in [2.45, 2.75) is 37.7 Å². The average molecular weight is 268 g/mol. The zero-order valence-corrected chi connectivity index (χ0v) is 8.56. The molecular weight excluding hydrogens is 258 g/mol. The van der Waals surface area contributed by atoms with Crippen molar-refractivity contribution in [3.8, 4) is 0 Å². The fraction of sp³-hybridized carbons (Fsp3) is 0.875. The normalized spacial score (nSPS) is 15.8. The molecule has 1 atom stereocenters. The van der Waals surface area contributed by atoms with Gasteiger partial charge in [-0.2, -0.15) is 26.3 Å². The molecule has 0 aliphatic rings. The standard InChI is InChI=1S/C8H10F6O3/c1-2-3-4(5(15)16)6(17,7(9,10)11)8(12,13)14/h4,17H,2-3H2,1H3,(H,15,16). The van der Waals surface area contributed by atoms with Gasteiger partial charge in [-0.3, -0.25) is 4.79 Å². The number of halogens is 6. The van der Waals surface area contributed by atoms with Crippen LogP contribution in [0.15, 0.2) is 0 Å². The first-order valence-corrected chi connectivity index (χ1v) is 4.48. The Balaban J connectivity index is 5.68. The second kappa shape index (κ2) is 4.71. The topological polar surface area (TPSA) is 57.5 Å². The van der Waals surface area contributed by atoms with Gasteiger partial charge >= 0.3 is 18.3 Å². The van der Waals surface area contributed by atoms with E-state index in [0.717, 1.165) is 0 Å². The predicted octanol–water partition coefficient (Wildman–Crippen LogP) is 2.34. The third kappa shape index (κ3) is 2.82. The molecule has 0 heterocycles. The van der Waals surface area contributed by atoms with E-state index >= 15 is 0 Å². The molecule has 0 saturated carbocycles. The highest BCUT2D eigenvalue weighted by Crippen LogP contribution is 2.48. The van der Waals surface area contributed by atoms with Crippen molar-refractivity contribution in [2.24, 2.45) is 5.92 Å². The van der Waals surface area contributed by atoms with Crippen molar-refractivity contribution in [3.63, 3.8) is 0 Å². The molecule has 0 aliphatic heterocycles. The van der Waals surface area contributed by atoms with Crippen molar-refractivity contribution in [1.82, 2.24) is 0 Å². The molecule has 0 spiro atoms. The van der Waals surface area contributed by atoms with Crippen LogP contribution in [0.4, 0.5) is 26.3 Å². The summed E-state index contributed by atoms with van der Waals surface area (Å²) in [4.78, 5) is 10.5. The van der Waals surface area contributed by atoms with Gasteiger partial charge in [0, 0.05) is 0 Å². The summed E-state index contributed by atoms with van der Waals surface area (Å²) in [5.41, 5.74) is -5.23. The molecule has 0 amide bonds. The number of hydrogen-bond acceptors (Lipinski definition) is 2.